The zero-order valence-electron chi connectivity index (χ0n) is 10.5. The molecule has 0 heterocycles. The highest BCUT2D eigenvalue weighted by Crippen LogP contribution is 2.38. The van der Waals surface area contributed by atoms with E-state index in [1.54, 1.807) is 0 Å². The zero-order valence-corrected chi connectivity index (χ0v) is 10.5. The molecule has 0 aromatic carbocycles. The van der Waals surface area contributed by atoms with Crippen molar-refractivity contribution in [3.8, 4) is 0 Å². The largest absolute Gasteiger partial charge is 0.345 e. The van der Waals surface area contributed by atoms with Crippen molar-refractivity contribution in [3.63, 3.8) is 0 Å². The van der Waals surface area contributed by atoms with Crippen LogP contribution in [0.2, 0.25) is 0 Å². The number of carbonyl (C=O) groups excluding carboxylic acids is 1. The van der Waals surface area contributed by atoms with Crippen LogP contribution < -0.4 is 5.73 Å². The van der Waals surface area contributed by atoms with Crippen molar-refractivity contribution in [2.24, 2.45) is 23.5 Å². The van der Waals surface area contributed by atoms with Crippen LogP contribution in [0, 0.1) is 17.8 Å². The smallest absolute Gasteiger partial charge is 0.225 e. The van der Waals surface area contributed by atoms with Crippen molar-refractivity contribution in [2.45, 2.75) is 45.1 Å². The van der Waals surface area contributed by atoms with E-state index in [4.69, 9.17) is 5.73 Å². The first-order chi connectivity index (χ1) is 7.58. The Morgan fingerprint density at radius 2 is 2.06 bits per heavy atom. The minimum atomic E-state index is 0.197. The first kappa shape index (κ1) is 11.9. The topological polar surface area (TPSA) is 46.3 Å². The van der Waals surface area contributed by atoms with Gasteiger partial charge in [0, 0.05) is 25.6 Å². The molecule has 4 atom stereocenters. The Balaban J connectivity index is 1.81. The molecule has 1 amide bonds. The summed E-state index contributed by atoms with van der Waals surface area (Å²) in [4.78, 5) is 14.1. The van der Waals surface area contributed by atoms with Gasteiger partial charge in [-0.2, -0.15) is 0 Å². The Kier molecular flexibility index (Phi) is 3.53. The molecule has 0 saturated heterocycles. The second-order valence-corrected chi connectivity index (χ2v) is 5.82. The van der Waals surface area contributed by atoms with Gasteiger partial charge in [-0.3, -0.25) is 4.79 Å². The molecular weight excluding hydrogens is 200 g/mol. The quantitative estimate of drug-likeness (QED) is 0.792. The molecule has 4 unspecified atom stereocenters. The highest BCUT2D eigenvalue weighted by atomic mass is 16.2. The van der Waals surface area contributed by atoms with Gasteiger partial charge in [0.05, 0.1) is 0 Å². The average Bonchev–Trinajstić information content (AvgIpc) is 2.93. The Morgan fingerprint density at radius 1 is 1.38 bits per heavy atom. The van der Waals surface area contributed by atoms with Crippen molar-refractivity contribution < 1.29 is 4.79 Å². The Bertz CT molecular complexity index is 267. The average molecular weight is 224 g/mol. The summed E-state index contributed by atoms with van der Waals surface area (Å²) in [5.41, 5.74) is 5.93. The van der Waals surface area contributed by atoms with Gasteiger partial charge in [0.1, 0.15) is 0 Å². The molecule has 0 radical (unpaired) electrons. The minimum absolute atomic E-state index is 0.197. The summed E-state index contributed by atoms with van der Waals surface area (Å²) >= 11 is 0. The number of hydrogen-bond acceptors (Lipinski definition) is 2. The summed E-state index contributed by atoms with van der Waals surface area (Å²) in [5.74, 6) is 2.10. The predicted octanol–water partition coefficient (Wildman–Crippen LogP) is 1.62. The van der Waals surface area contributed by atoms with E-state index in [2.05, 4.69) is 6.92 Å². The van der Waals surface area contributed by atoms with Crippen LogP contribution in [-0.2, 0) is 4.79 Å². The molecule has 0 bridgehead atoms. The molecule has 92 valence electrons. The molecule has 0 spiro atoms. The van der Waals surface area contributed by atoms with E-state index in [0.29, 0.717) is 5.91 Å². The second-order valence-electron chi connectivity index (χ2n) is 5.82. The molecule has 2 aliphatic rings. The van der Waals surface area contributed by atoms with E-state index < -0.39 is 0 Å². The molecule has 2 N–H and O–H groups in total. The van der Waals surface area contributed by atoms with Crippen molar-refractivity contribution in [1.82, 2.24) is 4.90 Å². The number of hydrogen-bond donors (Lipinski definition) is 1. The second kappa shape index (κ2) is 4.74. The van der Waals surface area contributed by atoms with Crippen LogP contribution in [0.3, 0.4) is 0 Å². The van der Waals surface area contributed by atoms with Crippen molar-refractivity contribution in [3.05, 3.63) is 0 Å². The fourth-order valence-corrected chi connectivity index (χ4v) is 2.86. The summed E-state index contributed by atoms with van der Waals surface area (Å²) in [5, 5.41) is 0. The van der Waals surface area contributed by atoms with Gasteiger partial charge in [-0.05, 0) is 37.5 Å². The molecule has 0 aromatic rings. The third-order valence-electron chi connectivity index (χ3n) is 4.22. The number of carbonyl (C=O) groups is 1. The fraction of sp³-hybridized carbons (Fsp3) is 0.923. The van der Waals surface area contributed by atoms with E-state index in [1.807, 2.05) is 11.9 Å². The van der Waals surface area contributed by atoms with Gasteiger partial charge in [-0.1, -0.05) is 13.3 Å². The van der Waals surface area contributed by atoms with E-state index in [1.165, 1.54) is 6.42 Å². The van der Waals surface area contributed by atoms with Gasteiger partial charge in [0.2, 0.25) is 5.91 Å². The number of amides is 1. The SMILES string of the molecule is CC1CC1CN(C)C(=O)C1CCCC(N)C1. The van der Waals surface area contributed by atoms with Crippen LogP contribution in [0.25, 0.3) is 0 Å². The summed E-state index contributed by atoms with van der Waals surface area (Å²) in [6.45, 7) is 3.21. The lowest BCUT2D eigenvalue weighted by atomic mass is 9.85. The Hall–Kier alpha value is -0.570. The van der Waals surface area contributed by atoms with Crippen LogP contribution in [0.1, 0.15) is 39.0 Å². The lowest BCUT2D eigenvalue weighted by molar-refractivity contribution is -0.135. The lowest BCUT2D eigenvalue weighted by Crippen LogP contribution is -2.39. The summed E-state index contributed by atoms with van der Waals surface area (Å²) < 4.78 is 0. The zero-order chi connectivity index (χ0) is 11.7. The molecular formula is C13H24N2O. The molecule has 0 aliphatic heterocycles. The molecule has 2 saturated carbocycles. The van der Waals surface area contributed by atoms with Crippen LogP contribution >= 0.6 is 0 Å². The maximum absolute atomic E-state index is 12.2. The maximum Gasteiger partial charge on any atom is 0.225 e. The third kappa shape index (κ3) is 2.76. The number of nitrogens with zero attached hydrogens (tertiary/aromatic N) is 1. The van der Waals surface area contributed by atoms with E-state index >= 15 is 0 Å². The molecule has 16 heavy (non-hydrogen) atoms. The van der Waals surface area contributed by atoms with Crippen molar-refractivity contribution in [1.29, 1.82) is 0 Å². The van der Waals surface area contributed by atoms with Crippen molar-refractivity contribution in [2.75, 3.05) is 13.6 Å². The van der Waals surface area contributed by atoms with Crippen LogP contribution in [0.15, 0.2) is 0 Å². The fourth-order valence-electron chi connectivity index (χ4n) is 2.86. The van der Waals surface area contributed by atoms with E-state index in [9.17, 15) is 4.79 Å². The molecule has 2 rings (SSSR count). The van der Waals surface area contributed by atoms with Crippen LogP contribution in [-0.4, -0.2) is 30.4 Å². The molecule has 0 aromatic heterocycles. The first-order valence-electron chi connectivity index (χ1n) is 6.58. The van der Waals surface area contributed by atoms with Gasteiger partial charge < -0.3 is 10.6 Å². The van der Waals surface area contributed by atoms with Crippen LogP contribution in [0.5, 0.6) is 0 Å². The minimum Gasteiger partial charge on any atom is -0.345 e. The number of nitrogens with two attached hydrogens (primary N) is 1. The molecule has 3 nitrogen and oxygen atoms in total. The van der Waals surface area contributed by atoms with E-state index in [0.717, 1.165) is 44.1 Å². The van der Waals surface area contributed by atoms with E-state index in [-0.39, 0.29) is 12.0 Å². The highest BCUT2D eigenvalue weighted by molar-refractivity contribution is 5.78. The summed E-state index contributed by atoms with van der Waals surface area (Å²) in [6, 6.07) is 0.246. The van der Waals surface area contributed by atoms with Gasteiger partial charge in [-0.25, -0.2) is 0 Å². The Labute approximate surface area is 98.4 Å². The highest BCUT2D eigenvalue weighted by Gasteiger charge is 2.35. The molecule has 2 fully saturated rings. The standard InChI is InChI=1S/C13H24N2O/c1-9-6-11(9)8-15(2)13(16)10-4-3-5-12(14)7-10/h9-12H,3-8,14H2,1-2H3. The molecule has 3 heteroatoms. The third-order valence-corrected chi connectivity index (χ3v) is 4.22. The van der Waals surface area contributed by atoms with Gasteiger partial charge in [0.25, 0.3) is 0 Å². The monoisotopic (exact) mass is 224 g/mol. The summed E-state index contributed by atoms with van der Waals surface area (Å²) in [7, 11) is 1.95. The molecule has 2 aliphatic carbocycles. The van der Waals surface area contributed by atoms with Crippen molar-refractivity contribution >= 4 is 5.91 Å². The normalized spacial score (nSPS) is 38.2. The Morgan fingerprint density at radius 3 is 2.62 bits per heavy atom. The maximum atomic E-state index is 12.2. The summed E-state index contributed by atoms with van der Waals surface area (Å²) in [6.07, 6.45) is 5.43. The first-order valence-corrected chi connectivity index (χ1v) is 6.58. The number of rotatable bonds is 3. The van der Waals surface area contributed by atoms with Gasteiger partial charge in [-0.15, -0.1) is 0 Å². The van der Waals surface area contributed by atoms with Gasteiger partial charge >= 0.3 is 0 Å². The lowest BCUT2D eigenvalue weighted by Gasteiger charge is -2.29. The van der Waals surface area contributed by atoms with Crippen LogP contribution in [0.4, 0.5) is 0 Å². The predicted molar refractivity (Wildman–Crippen MR) is 64.8 cm³/mol. The van der Waals surface area contributed by atoms with Gasteiger partial charge in [0.15, 0.2) is 0 Å².